The molecule has 0 bridgehead atoms. The third kappa shape index (κ3) is 5.89. The fourth-order valence-electron chi connectivity index (χ4n) is 4.48. The Kier molecular flexibility index (Phi) is 7.38. The van der Waals surface area contributed by atoms with Gasteiger partial charge >= 0.3 is 12.1 Å². The Hall–Kier alpha value is -3.29. The minimum absolute atomic E-state index is 0.115. The van der Waals surface area contributed by atoms with Crippen molar-refractivity contribution in [1.29, 1.82) is 0 Å². The number of amides is 1. The Morgan fingerprint density at radius 1 is 1.11 bits per heavy atom. The highest BCUT2D eigenvalue weighted by Crippen LogP contribution is 2.45. The third-order valence-electron chi connectivity index (χ3n) is 6.18. The molecule has 1 atom stereocenters. The molecule has 7 nitrogen and oxygen atoms in total. The van der Waals surface area contributed by atoms with Crippen molar-refractivity contribution in [3.63, 3.8) is 0 Å². The molecule has 1 amide bonds. The van der Waals surface area contributed by atoms with Crippen molar-refractivity contribution < 1.29 is 24.2 Å². The summed E-state index contributed by atoms with van der Waals surface area (Å²) in [5, 5.41) is 13.4. The van der Waals surface area contributed by atoms with Crippen LogP contribution in [0.25, 0.3) is 22.4 Å². The summed E-state index contributed by atoms with van der Waals surface area (Å²) >= 11 is 12.9. The molecule has 200 valence electrons. The second-order valence-electron chi connectivity index (χ2n) is 11.0. The number of benzene rings is 2. The van der Waals surface area contributed by atoms with Gasteiger partial charge in [0.1, 0.15) is 11.2 Å². The van der Waals surface area contributed by atoms with E-state index in [0.29, 0.717) is 39.7 Å². The van der Waals surface area contributed by atoms with E-state index >= 15 is 0 Å². The van der Waals surface area contributed by atoms with Gasteiger partial charge in [0.2, 0.25) is 5.88 Å². The molecule has 0 fully saturated rings. The number of carboxylic acid groups (broad SMARTS) is 1. The van der Waals surface area contributed by atoms with E-state index in [-0.39, 0.29) is 10.6 Å². The SMILES string of the molecule is Cc1c(C(=O)O)ccc(-c2nc3c(cc2-c2ccc(Cl)cc2)[C@H](NC(=O)OC(C)(C)C)CC(C)(C)O3)c1Cl. The molecule has 2 aromatic carbocycles. The highest BCUT2D eigenvalue weighted by Gasteiger charge is 2.37. The molecule has 4 rings (SSSR count). The lowest BCUT2D eigenvalue weighted by Gasteiger charge is -2.37. The van der Waals surface area contributed by atoms with Crippen molar-refractivity contribution in [2.45, 2.75) is 65.2 Å². The number of nitrogens with one attached hydrogen (secondary N) is 1. The molecule has 0 aliphatic carbocycles. The number of hydrogen-bond donors (Lipinski definition) is 2. The lowest BCUT2D eigenvalue weighted by Crippen LogP contribution is -2.43. The van der Waals surface area contributed by atoms with Gasteiger partial charge in [0, 0.05) is 28.1 Å². The minimum Gasteiger partial charge on any atom is -0.478 e. The third-order valence-corrected chi connectivity index (χ3v) is 6.92. The van der Waals surface area contributed by atoms with E-state index in [2.05, 4.69) is 5.32 Å². The van der Waals surface area contributed by atoms with Gasteiger partial charge in [-0.05, 0) is 76.9 Å². The number of alkyl carbamates (subject to hydrolysis) is 1. The zero-order chi connectivity index (χ0) is 28.0. The van der Waals surface area contributed by atoms with Crippen molar-refractivity contribution in [3.05, 3.63) is 69.2 Å². The molecule has 9 heteroatoms. The van der Waals surface area contributed by atoms with Gasteiger partial charge in [-0.2, -0.15) is 0 Å². The maximum atomic E-state index is 12.7. The molecule has 1 aliphatic rings. The first kappa shape index (κ1) is 27.7. The lowest BCUT2D eigenvalue weighted by molar-refractivity contribution is 0.0367. The minimum atomic E-state index is -1.06. The Morgan fingerprint density at radius 2 is 1.76 bits per heavy atom. The van der Waals surface area contributed by atoms with E-state index in [1.54, 1.807) is 25.1 Å². The Bertz CT molecular complexity index is 1410. The second-order valence-corrected chi connectivity index (χ2v) is 11.8. The fraction of sp³-hybridized carbons (Fsp3) is 0.345. The maximum absolute atomic E-state index is 12.7. The number of rotatable bonds is 4. The van der Waals surface area contributed by atoms with Crippen LogP contribution in [0.1, 0.15) is 68.6 Å². The predicted octanol–water partition coefficient (Wildman–Crippen LogP) is 7.86. The molecule has 0 saturated carbocycles. The monoisotopic (exact) mass is 556 g/mol. The quantitative estimate of drug-likeness (QED) is 0.339. The second kappa shape index (κ2) is 10.1. The van der Waals surface area contributed by atoms with Crippen LogP contribution >= 0.6 is 23.2 Å². The number of pyridine rings is 1. The van der Waals surface area contributed by atoms with Gasteiger partial charge in [-0.3, -0.25) is 0 Å². The maximum Gasteiger partial charge on any atom is 0.408 e. The van der Waals surface area contributed by atoms with Crippen molar-refractivity contribution in [2.75, 3.05) is 0 Å². The van der Waals surface area contributed by atoms with E-state index in [9.17, 15) is 14.7 Å². The summed E-state index contributed by atoms with van der Waals surface area (Å²) in [5.74, 6) is -0.709. The van der Waals surface area contributed by atoms with E-state index in [4.69, 9.17) is 37.7 Å². The molecule has 38 heavy (non-hydrogen) atoms. The summed E-state index contributed by atoms with van der Waals surface area (Å²) in [7, 11) is 0. The fourth-order valence-corrected chi connectivity index (χ4v) is 4.86. The number of carboxylic acids is 1. The zero-order valence-electron chi connectivity index (χ0n) is 22.1. The van der Waals surface area contributed by atoms with E-state index in [1.807, 2.05) is 52.8 Å². The Balaban J connectivity index is 1.92. The van der Waals surface area contributed by atoms with Crippen LogP contribution < -0.4 is 10.1 Å². The zero-order valence-corrected chi connectivity index (χ0v) is 23.6. The number of halogens is 2. The highest BCUT2D eigenvalue weighted by atomic mass is 35.5. The van der Waals surface area contributed by atoms with Gasteiger partial charge in [-0.1, -0.05) is 41.4 Å². The first-order chi connectivity index (χ1) is 17.6. The van der Waals surface area contributed by atoms with Crippen LogP contribution in [0, 0.1) is 6.92 Å². The predicted molar refractivity (Wildman–Crippen MR) is 148 cm³/mol. The number of fused-ring (bicyclic) bond motifs is 1. The van der Waals surface area contributed by atoms with Crippen LogP contribution in [0.2, 0.25) is 10.0 Å². The molecule has 2 N–H and O–H groups in total. The number of aromatic carboxylic acids is 1. The average Bonchev–Trinajstić information content (AvgIpc) is 2.78. The number of hydrogen-bond acceptors (Lipinski definition) is 5. The van der Waals surface area contributed by atoms with Gasteiger partial charge in [0.15, 0.2) is 0 Å². The standard InChI is InChI=1S/C29H30Cl2N2O5/c1-15-18(26(34)35)11-12-19(23(15)31)24-20(16-7-9-17(30)10-8-16)13-21-22(32-27(36)38-28(2,3)4)14-29(5,6)37-25(21)33-24/h7-13,22H,14H2,1-6H3,(H,32,36)(H,34,35)/t22-/m1/s1. The molecule has 1 aromatic heterocycles. The molecular formula is C29H30Cl2N2O5. The van der Waals surface area contributed by atoms with Gasteiger partial charge in [0.25, 0.3) is 0 Å². The Morgan fingerprint density at radius 3 is 2.37 bits per heavy atom. The molecule has 2 heterocycles. The molecule has 1 aliphatic heterocycles. The van der Waals surface area contributed by atoms with Crippen LogP contribution in [0.3, 0.4) is 0 Å². The van der Waals surface area contributed by atoms with Crippen LogP contribution in [-0.2, 0) is 4.74 Å². The lowest BCUT2D eigenvalue weighted by atomic mass is 9.88. The van der Waals surface area contributed by atoms with Gasteiger partial charge in [-0.25, -0.2) is 14.6 Å². The van der Waals surface area contributed by atoms with E-state index in [0.717, 1.165) is 11.1 Å². The van der Waals surface area contributed by atoms with E-state index in [1.165, 1.54) is 6.07 Å². The summed E-state index contributed by atoms with van der Waals surface area (Å²) in [5.41, 5.74) is 2.58. The smallest absolute Gasteiger partial charge is 0.408 e. The van der Waals surface area contributed by atoms with Crippen molar-refractivity contribution >= 4 is 35.3 Å². The number of carbonyl (C=O) groups excluding carboxylic acids is 1. The summed E-state index contributed by atoms with van der Waals surface area (Å²) in [6.07, 6.45) is -0.0424. The number of aromatic nitrogens is 1. The largest absolute Gasteiger partial charge is 0.478 e. The van der Waals surface area contributed by atoms with Crippen LogP contribution in [-0.4, -0.2) is 33.4 Å². The normalized spacial score (nSPS) is 16.3. The number of nitrogens with zero attached hydrogens (tertiary/aromatic N) is 1. The average molecular weight is 557 g/mol. The van der Waals surface area contributed by atoms with Crippen LogP contribution in [0.5, 0.6) is 5.88 Å². The van der Waals surface area contributed by atoms with Crippen molar-refractivity contribution in [3.8, 4) is 28.3 Å². The molecular weight excluding hydrogens is 527 g/mol. The summed E-state index contributed by atoms with van der Waals surface area (Å²) in [4.78, 5) is 29.3. The highest BCUT2D eigenvalue weighted by molar-refractivity contribution is 6.34. The van der Waals surface area contributed by atoms with Crippen LogP contribution in [0.15, 0.2) is 42.5 Å². The number of ether oxygens (including phenoxy) is 2. The van der Waals surface area contributed by atoms with Gasteiger partial charge < -0.3 is 19.9 Å². The summed E-state index contributed by atoms with van der Waals surface area (Å²) in [6, 6.07) is 11.9. The Labute approximate surface area is 232 Å². The molecule has 0 unspecified atom stereocenters. The number of carbonyl (C=O) groups is 2. The summed E-state index contributed by atoms with van der Waals surface area (Å²) in [6.45, 7) is 10.9. The first-order valence-electron chi connectivity index (χ1n) is 12.2. The first-order valence-corrected chi connectivity index (χ1v) is 12.9. The topological polar surface area (TPSA) is 97.8 Å². The van der Waals surface area contributed by atoms with E-state index < -0.39 is 29.3 Å². The van der Waals surface area contributed by atoms with Gasteiger partial charge in [0.05, 0.1) is 22.3 Å². The van der Waals surface area contributed by atoms with Crippen molar-refractivity contribution in [2.24, 2.45) is 0 Å². The molecule has 0 radical (unpaired) electrons. The van der Waals surface area contributed by atoms with Gasteiger partial charge in [-0.15, -0.1) is 0 Å². The molecule has 0 saturated heterocycles. The molecule has 3 aromatic rings. The summed E-state index contributed by atoms with van der Waals surface area (Å²) < 4.78 is 11.8. The van der Waals surface area contributed by atoms with Crippen LogP contribution in [0.4, 0.5) is 4.79 Å². The molecule has 0 spiro atoms. The van der Waals surface area contributed by atoms with Crippen molar-refractivity contribution in [1.82, 2.24) is 10.3 Å².